The minimum absolute atomic E-state index is 0.000926. The summed E-state index contributed by atoms with van der Waals surface area (Å²) < 4.78 is 34.6. The van der Waals surface area contributed by atoms with Crippen LogP contribution in [0, 0.1) is 13.8 Å². The molecular formula is C26H30N2O4S. The van der Waals surface area contributed by atoms with Gasteiger partial charge in [-0.15, -0.1) is 0 Å². The molecule has 7 heteroatoms. The number of hydrogen-bond donors (Lipinski definition) is 2. The van der Waals surface area contributed by atoms with Crippen LogP contribution >= 0.6 is 0 Å². The van der Waals surface area contributed by atoms with Crippen LogP contribution in [0.25, 0.3) is 0 Å². The number of para-hydroxylation sites is 1. The maximum atomic E-state index is 13.4. The highest BCUT2D eigenvalue weighted by molar-refractivity contribution is 7.89. The molecule has 0 aliphatic carbocycles. The van der Waals surface area contributed by atoms with Crippen molar-refractivity contribution in [3.8, 4) is 5.75 Å². The van der Waals surface area contributed by atoms with E-state index in [1.165, 1.54) is 13.2 Å². The highest BCUT2D eigenvalue weighted by Gasteiger charge is 2.29. The van der Waals surface area contributed by atoms with Crippen molar-refractivity contribution in [2.45, 2.75) is 44.6 Å². The largest absolute Gasteiger partial charge is 0.495 e. The fourth-order valence-electron chi connectivity index (χ4n) is 3.69. The molecular weight excluding hydrogens is 436 g/mol. The quantitative estimate of drug-likeness (QED) is 0.489. The van der Waals surface area contributed by atoms with Crippen LogP contribution in [0.5, 0.6) is 5.75 Å². The lowest BCUT2D eigenvalue weighted by atomic mass is 10.0. The first-order chi connectivity index (χ1) is 15.7. The number of rotatable bonds is 9. The summed E-state index contributed by atoms with van der Waals surface area (Å²) in [5, 5.41) is 2.97. The second-order valence-electron chi connectivity index (χ2n) is 7.97. The zero-order valence-corrected chi connectivity index (χ0v) is 20.2. The lowest BCUT2D eigenvalue weighted by Crippen LogP contribution is -2.45. The van der Waals surface area contributed by atoms with Crippen molar-refractivity contribution in [1.29, 1.82) is 0 Å². The first kappa shape index (κ1) is 24.5. The number of amides is 1. The second-order valence-corrected chi connectivity index (χ2v) is 9.65. The van der Waals surface area contributed by atoms with E-state index >= 15 is 0 Å². The molecule has 2 N–H and O–H groups in total. The fraction of sp³-hybridized carbons (Fsp3) is 0.269. The van der Waals surface area contributed by atoms with Crippen LogP contribution in [0.4, 0.5) is 5.69 Å². The molecule has 0 aliphatic heterocycles. The van der Waals surface area contributed by atoms with Gasteiger partial charge in [0, 0.05) is 5.69 Å². The number of carbonyl (C=O) groups is 1. The maximum Gasteiger partial charge on any atom is 0.245 e. The van der Waals surface area contributed by atoms with Crippen LogP contribution in [0.2, 0.25) is 0 Å². The summed E-state index contributed by atoms with van der Waals surface area (Å²) >= 11 is 0. The van der Waals surface area contributed by atoms with E-state index in [1.54, 1.807) is 19.1 Å². The van der Waals surface area contributed by atoms with E-state index in [0.29, 0.717) is 0 Å². The molecule has 3 aromatic rings. The number of nitrogens with one attached hydrogen (secondary N) is 2. The third-order valence-electron chi connectivity index (χ3n) is 5.49. The minimum atomic E-state index is -4.04. The van der Waals surface area contributed by atoms with Crippen molar-refractivity contribution in [3.63, 3.8) is 0 Å². The number of carbonyl (C=O) groups excluding carboxylic acids is 1. The maximum absolute atomic E-state index is 13.4. The van der Waals surface area contributed by atoms with Crippen molar-refractivity contribution in [2.24, 2.45) is 0 Å². The molecule has 3 rings (SSSR count). The van der Waals surface area contributed by atoms with Gasteiger partial charge in [0.1, 0.15) is 16.7 Å². The third-order valence-corrected chi connectivity index (χ3v) is 6.99. The second kappa shape index (κ2) is 10.6. The number of methoxy groups -OCH3 is 1. The molecule has 1 amide bonds. The van der Waals surface area contributed by atoms with Gasteiger partial charge in [-0.1, -0.05) is 61.5 Å². The number of benzene rings is 3. The third kappa shape index (κ3) is 6.00. The molecule has 174 valence electrons. The van der Waals surface area contributed by atoms with Crippen molar-refractivity contribution in [1.82, 2.24) is 4.72 Å². The van der Waals surface area contributed by atoms with E-state index in [0.717, 1.165) is 34.4 Å². The Bertz CT molecular complexity index is 1220. The Balaban J connectivity index is 1.97. The highest BCUT2D eigenvalue weighted by atomic mass is 32.2. The van der Waals surface area contributed by atoms with Crippen LogP contribution in [0.1, 0.15) is 29.2 Å². The fourth-order valence-corrected chi connectivity index (χ4v) is 5.14. The highest BCUT2D eigenvalue weighted by Crippen LogP contribution is 2.26. The van der Waals surface area contributed by atoms with E-state index in [1.807, 2.05) is 62.4 Å². The number of anilines is 1. The molecule has 6 nitrogen and oxygen atoms in total. The molecule has 0 radical (unpaired) electrons. The average Bonchev–Trinajstić information content (AvgIpc) is 2.80. The predicted octanol–water partition coefficient (Wildman–Crippen LogP) is 4.40. The molecule has 0 fully saturated rings. The van der Waals surface area contributed by atoms with Gasteiger partial charge in [0.15, 0.2) is 0 Å². The van der Waals surface area contributed by atoms with Crippen molar-refractivity contribution in [2.75, 3.05) is 12.4 Å². The van der Waals surface area contributed by atoms with Gasteiger partial charge in [0.25, 0.3) is 0 Å². The molecule has 0 spiro atoms. The zero-order chi connectivity index (χ0) is 24.0. The normalized spacial score (nSPS) is 12.2. The standard InChI is InChI=1S/C26H30N2O4S/c1-5-21-13-9-10-19(3)25(21)27-26(29)22(17-20-11-7-6-8-12-20)28-33(30,31)24-16-18(2)14-15-23(24)32-4/h6-16,22,28H,5,17H2,1-4H3,(H,27,29)/t22-/m0/s1. The Morgan fingerprint density at radius 2 is 1.73 bits per heavy atom. The SMILES string of the molecule is CCc1cccc(C)c1NC(=O)[C@H](Cc1ccccc1)NS(=O)(=O)c1cc(C)ccc1OC. The summed E-state index contributed by atoms with van der Waals surface area (Å²) in [4.78, 5) is 13.4. The van der Waals surface area contributed by atoms with Gasteiger partial charge in [0.05, 0.1) is 7.11 Å². The van der Waals surface area contributed by atoms with E-state index in [2.05, 4.69) is 10.0 Å². The predicted molar refractivity (Wildman–Crippen MR) is 131 cm³/mol. The Hall–Kier alpha value is -3.16. The molecule has 33 heavy (non-hydrogen) atoms. The lowest BCUT2D eigenvalue weighted by Gasteiger charge is -2.21. The van der Waals surface area contributed by atoms with Crippen LogP contribution in [0.3, 0.4) is 0 Å². The first-order valence-electron chi connectivity index (χ1n) is 10.9. The number of aryl methyl sites for hydroxylation is 3. The molecule has 3 aromatic carbocycles. The summed E-state index contributed by atoms with van der Waals surface area (Å²) in [6, 6.07) is 19.0. The van der Waals surface area contributed by atoms with Crippen LogP contribution in [-0.2, 0) is 27.7 Å². The lowest BCUT2D eigenvalue weighted by molar-refractivity contribution is -0.117. The monoisotopic (exact) mass is 466 g/mol. The van der Waals surface area contributed by atoms with Gasteiger partial charge in [-0.2, -0.15) is 4.72 Å². The van der Waals surface area contributed by atoms with Crippen LogP contribution < -0.4 is 14.8 Å². The van der Waals surface area contributed by atoms with Crippen molar-refractivity contribution in [3.05, 3.63) is 89.0 Å². The molecule has 0 unspecified atom stereocenters. The molecule has 1 atom stereocenters. The van der Waals surface area contributed by atoms with Crippen LogP contribution in [-0.4, -0.2) is 27.5 Å². The summed E-state index contributed by atoms with van der Waals surface area (Å²) in [6.07, 6.45) is 0.945. The van der Waals surface area contributed by atoms with Crippen molar-refractivity contribution >= 4 is 21.6 Å². The Labute approximate surface area is 196 Å². The van der Waals surface area contributed by atoms with Crippen LogP contribution in [0.15, 0.2) is 71.6 Å². The smallest absolute Gasteiger partial charge is 0.245 e. The summed E-state index contributed by atoms with van der Waals surface area (Å²) in [5.41, 5.74) is 4.24. The number of sulfonamides is 1. The van der Waals surface area contributed by atoms with E-state index in [-0.39, 0.29) is 17.1 Å². The van der Waals surface area contributed by atoms with Gasteiger partial charge in [0.2, 0.25) is 15.9 Å². The Kier molecular flexibility index (Phi) is 7.89. The van der Waals surface area contributed by atoms with Gasteiger partial charge in [-0.25, -0.2) is 8.42 Å². The summed E-state index contributed by atoms with van der Waals surface area (Å²) in [5.74, 6) is -0.197. The van der Waals surface area contributed by atoms with Gasteiger partial charge in [-0.05, 0) is 61.1 Å². The van der Waals surface area contributed by atoms with Gasteiger partial charge >= 0.3 is 0 Å². The van der Waals surface area contributed by atoms with Crippen molar-refractivity contribution < 1.29 is 17.9 Å². The summed E-state index contributed by atoms with van der Waals surface area (Å²) in [7, 11) is -2.62. The molecule has 0 heterocycles. The summed E-state index contributed by atoms with van der Waals surface area (Å²) in [6.45, 7) is 5.73. The molecule has 0 saturated carbocycles. The zero-order valence-electron chi connectivity index (χ0n) is 19.4. The van der Waals surface area contributed by atoms with Gasteiger partial charge in [-0.3, -0.25) is 4.79 Å². The molecule has 0 saturated heterocycles. The van der Waals surface area contributed by atoms with E-state index < -0.39 is 22.0 Å². The Morgan fingerprint density at radius 1 is 1.00 bits per heavy atom. The van der Waals surface area contributed by atoms with E-state index in [4.69, 9.17) is 4.74 Å². The first-order valence-corrected chi connectivity index (χ1v) is 12.3. The topological polar surface area (TPSA) is 84.5 Å². The molecule has 0 aromatic heterocycles. The van der Waals surface area contributed by atoms with E-state index in [9.17, 15) is 13.2 Å². The average molecular weight is 467 g/mol. The number of hydrogen-bond acceptors (Lipinski definition) is 4. The number of ether oxygens (including phenoxy) is 1. The van der Waals surface area contributed by atoms with Gasteiger partial charge < -0.3 is 10.1 Å². The minimum Gasteiger partial charge on any atom is -0.495 e. The molecule has 0 aliphatic rings. The Morgan fingerprint density at radius 3 is 2.39 bits per heavy atom. The molecule has 0 bridgehead atoms.